The van der Waals surface area contributed by atoms with Crippen molar-refractivity contribution in [2.75, 3.05) is 7.05 Å². The lowest BCUT2D eigenvalue weighted by molar-refractivity contribution is -0.124. The van der Waals surface area contributed by atoms with Gasteiger partial charge in [-0.25, -0.2) is 11.3 Å². The average molecular weight is 338 g/mol. The molecule has 0 spiro atoms. The first-order valence-corrected chi connectivity index (χ1v) is 7.80. The summed E-state index contributed by atoms with van der Waals surface area (Å²) in [5, 5.41) is 13.2. The number of carbonyl (C=O) groups excluding carboxylic acids is 1. The Morgan fingerprint density at radius 1 is 1.20 bits per heavy atom. The minimum Gasteiger partial charge on any atom is -0.386 e. The first-order valence-electron chi connectivity index (χ1n) is 7.80. The third-order valence-corrected chi connectivity index (χ3v) is 3.50. The van der Waals surface area contributed by atoms with Crippen molar-refractivity contribution in [3.63, 3.8) is 0 Å². The van der Waals surface area contributed by atoms with Gasteiger partial charge >= 0.3 is 0 Å². The Labute approximate surface area is 147 Å². The molecule has 1 amide bonds. The summed E-state index contributed by atoms with van der Waals surface area (Å²) in [6.07, 6.45) is 4.72. The summed E-state index contributed by atoms with van der Waals surface area (Å²) >= 11 is 0. The van der Waals surface area contributed by atoms with Crippen molar-refractivity contribution in [2.45, 2.75) is 6.54 Å². The quantitative estimate of drug-likeness (QED) is 0.269. The van der Waals surface area contributed by atoms with Crippen molar-refractivity contribution in [1.29, 1.82) is 0 Å². The standard InChI is InChI=1S/C19H22N4O2/c1-21-18(17-8-3-2-4-9-17)14-23(20)13-16-7-5-6-15(12-16)10-11-19(24)22-25/h2-12,14,21,25H,13,20H2,1H3,(H,22,24)/b11-10+,18-14-. The largest absolute Gasteiger partial charge is 0.386 e. The number of carbonyl (C=O) groups is 1. The van der Waals surface area contributed by atoms with Gasteiger partial charge in [0.1, 0.15) is 0 Å². The van der Waals surface area contributed by atoms with Crippen molar-refractivity contribution in [3.05, 3.63) is 83.6 Å². The molecular formula is C19H22N4O2. The summed E-state index contributed by atoms with van der Waals surface area (Å²) in [7, 11) is 1.85. The van der Waals surface area contributed by atoms with Crippen molar-refractivity contribution >= 4 is 17.7 Å². The van der Waals surface area contributed by atoms with Gasteiger partial charge in [-0.1, -0.05) is 48.5 Å². The minimum atomic E-state index is -0.574. The number of amides is 1. The molecule has 2 rings (SSSR count). The highest BCUT2D eigenvalue weighted by atomic mass is 16.5. The van der Waals surface area contributed by atoms with Crippen LogP contribution in [-0.2, 0) is 11.3 Å². The number of benzene rings is 2. The number of hydrazine groups is 1. The molecule has 0 unspecified atom stereocenters. The summed E-state index contributed by atoms with van der Waals surface area (Å²) in [6, 6.07) is 17.6. The van der Waals surface area contributed by atoms with Gasteiger partial charge in [-0.3, -0.25) is 10.0 Å². The van der Waals surface area contributed by atoms with E-state index in [-0.39, 0.29) is 0 Å². The molecule has 0 aromatic heterocycles. The molecule has 6 heteroatoms. The predicted molar refractivity (Wildman–Crippen MR) is 98.6 cm³/mol. The van der Waals surface area contributed by atoms with E-state index in [0.29, 0.717) is 6.54 Å². The highest BCUT2D eigenvalue weighted by Gasteiger charge is 2.03. The predicted octanol–water partition coefficient (Wildman–Crippen LogP) is 2.10. The van der Waals surface area contributed by atoms with Crippen LogP contribution in [0.4, 0.5) is 0 Å². The molecule has 130 valence electrons. The maximum atomic E-state index is 11.0. The Kier molecular flexibility index (Phi) is 6.76. The van der Waals surface area contributed by atoms with Crippen LogP contribution in [0.1, 0.15) is 16.7 Å². The van der Waals surface area contributed by atoms with Crippen molar-refractivity contribution in [2.24, 2.45) is 5.84 Å². The fourth-order valence-electron chi connectivity index (χ4n) is 2.33. The molecule has 0 saturated heterocycles. The van der Waals surface area contributed by atoms with Gasteiger partial charge in [-0.15, -0.1) is 0 Å². The Balaban J connectivity index is 2.09. The molecule has 0 aliphatic heterocycles. The summed E-state index contributed by atoms with van der Waals surface area (Å²) in [6.45, 7) is 0.506. The van der Waals surface area contributed by atoms with Crippen LogP contribution in [0.3, 0.4) is 0 Å². The van der Waals surface area contributed by atoms with E-state index < -0.39 is 5.91 Å². The van der Waals surface area contributed by atoms with Crippen molar-refractivity contribution in [3.8, 4) is 0 Å². The average Bonchev–Trinajstić information content (AvgIpc) is 2.65. The van der Waals surface area contributed by atoms with Crippen LogP contribution in [0.15, 0.2) is 66.9 Å². The fourth-order valence-corrected chi connectivity index (χ4v) is 2.33. The summed E-state index contributed by atoms with van der Waals surface area (Å²) < 4.78 is 0. The van der Waals surface area contributed by atoms with Crippen molar-refractivity contribution in [1.82, 2.24) is 15.8 Å². The zero-order valence-electron chi connectivity index (χ0n) is 14.0. The molecule has 0 bridgehead atoms. The molecule has 2 aromatic carbocycles. The van der Waals surface area contributed by atoms with E-state index in [1.165, 1.54) is 6.08 Å². The first kappa shape index (κ1) is 18.3. The van der Waals surface area contributed by atoms with Crippen LogP contribution in [0, 0.1) is 0 Å². The van der Waals surface area contributed by atoms with Gasteiger partial charge in [0.25, 0.3) is 5.91 Å². The van der Waals surface area contributed by atoms with Gasteiger partial charge in [0.2, 0.25) is 0 Å². The molecule has 25 heavy (non-hydrogen) atoms. The van der Waals surface area contributed by atoms with Gasteiger partial charge < -0.3 is 10.3 Å². The van der Waals surface area contributed by atoms with Gasteiger partial charge in [-0.2, -0.15) is 0 Å². The second kappa shape index (κ2) is 9.27. The molecule has 0 atom stereocenters. The number of hydrogen-bond acceptors (Lipinski definition) is 5. The van der Waals surface area contributed by atoms with E-state index in [9.17, 15) is 4.79 Å². The van der Waals surface area contributed by atoms with Crippen LogP contribution >= 0.6 is 0 Å². The zero-order chi connectivity index (χ0) is 18.1. The Hall–Kier alpha value is -3.09. The van der Waals surface area contributed by atoms with Gasteiger partial charge in [-0.05, 0) is 28.8 Å². The summed E-state index contributed by atoms with van der Waals surface area (Å²) in [5.41, 5.74) is 5.36. The van der Waals surface area contributed by atoms with Crippen LogP contribution in [-0.4, -0.2) is 23.2 Å². The second-order valence-electron chi connectivity index (χ2n) is 5.39. The summed E-state index contributed by atoms with van der Waals surface area (Å²) in [4.78, 5) is 11.0. The topological polar surface area (TPSA) is 90.6 Å². The number of nitrogens with one attached hydrogen (secondary N) is 2. The lowest BCUT2D eigenvalue weighted by atomic mass is 10.1. The van der Waals surface area contributed by atoms with E-state index in [4.69, 9.17) is 11.0 Å². The van der Waals surface area contributed by atoms with Crippen LogP contribution < -0.4 is 16.6 Å². The Morgan fingerprint density at radius 3 is 2.64 bits per heavy atom. The molecule has 0 radical (unpaired) electrons. The van der Waals surface area contributed by atoms with E-state index in [0.717, 1.165) is 22.4 Å². The van der Waals surface area contributed by atoms with Gasteiger partial charge in [0.15, 0.2) is 0 Å². The molecule has 0 aliphatic rings. The molecule has 2 aromatic rings. The van der Waals surface area contributed by atoms with Gasteiger partial charge in [0.05, 0.1) is 12.2 Å². The van der Waals surface area contributed by atoms with Crippen molar-refractivity contribution < 1.29 is 10.0 Å². The molecule has 0 heterocycles. The fraction of sp³-hybridized carbons (Fsp3) is 0.105. The SMILES string of the molecule is CN/C(=C\N(N)Cc1cccc(/C=C/C(=O)NO)c1)c1ccccc1. The highest BCUT2D eigenvalue weighted by molar-refractivity contribution is 5.90. The Morgan fingerprint density at radius 2 is 1.96 bits per heavy atom. The molecule has 6 nitrogen and oxygen atoms in total. The van der Waals surface area contributed by atoms with E-state index in [1.807, 2.05) is 67.8 Å². The summed E-state index contributed by atoms with van der Waals surface area (Å²) in [5.74, 6) is 5.54. The van der Waals surface area contributed by atoms with Gasteiger partial charge in [0, 0.05) is 19.3 Å². The third-order valence-electron chi connectivity index (χ3n) is 3.50. The molecule has 5 N–H and O–H groups in total. The number of nitrogens with zero attached hydrogens (tertiary/aromatic N) is 1. The monoisotopic (exact) mass is 338 g/mol. The number of hydrogen-bond donors (Lipinski definition) is 4. The smallest absolute Gasteiger partial charge is 0.267 e. The zero-order valence-corrected chi connectivity index (χ0v) is 14.0. The maximum absolute atomic E-state index is 11.0. The van der Waals surface area contributed by atoms with E-state index in [2.05, 4.69) is 5.32 Å². The Bertz CT molecular complexity index is 757. The highest BCUT2D eigenvalue weighted by Crippen LogP contribution is 2.13. The first-order chi connectivity index (χ1) is 12.1. The van der Waals surface area contributed by atoms with Crippen LogP contribution in [0.25, 0.3) is 11.8 Å². The molecule has 0 saturated carbocycles. The number of hydroxylamine groups is 1. The second-order valence-corrected chi connectivity index (χ2v) is 5.39. The normalized spacial score (nSPS) is 11.4. The lowest BCUT2D eigenvalue weighted by Crippen LogP contribution is -2.26. The molecular weight excluding hydrogens is 316 g/mol. The van der Waals surface area contributed by atoms with Crippen LogP contribution in [0.5, 0.6) is 0 Å². The number of nitrogens with two attached hydrogens (primary N) is 1. The minimum absolute atomic E-state index is 0.506. The maximum Gasteiger partial charge on any atom is 0.267 e. The third kappa shape index (κ3) is 5.80. The van der Waals surface area contributed by atoms with E-state index in [1.54, 1.807) is 16.6 Å². The lowest BCUT2D eigenvalue weighted by Gasteiger charge is -2.17. The number of rotatable bonds is 7. The van der Waals surface area contributed by atoms with Crippen LogP contribution in [0.2, 0.25) is 0 Å². The van der Waals surface area contributed by atoms with E-state index >= 15 is 0 Å². The molecule has 0 fully saturated rings. The molecule has 0 aliphatic carbocycles.